The number of aliphatic hydroxyl groups is 1. The second kappa shape index (κ2) is 8.37. The number of carbonyl (C=O) groups is 2. The molecular weight excluding hydrogens is 468 g/mol. The molecule has 1 atom stereocenters. The van der Waals surface area contributed by atoms with E-state index < -0.39 is 17.7 Å². The van der Waals surface area contributed by atoms with Crippen molar-refractivity contribution in [1.29, 1.82) is 0 Å². The number of anilines is 1. The topological polar surface area (TPSA) is 111 Å². The number of H-pyrrole nitrogens is 2. The molecule has 1 saturated heterocycles. The third kappa shape index (κ3) is 3.48. The number of para-hydroxylation sites is 1. The highest BCUT2D eigenvalue weighted by molar-refractivity contribution is 6.51. The average molecular weight is 493 g/mol. The number of aliphatic hydroxyl groups excluding tert-OH is 1. The highest BCUT2D eigenvalue weighted by atomic mass is 16.5. The number of carbonyl (C=O) groups excluding carboxylic acids is 2. The second-order valence-electron chi connectivity index (χ2n) is 9.20. The molecule has 0 radical (unpaired) electrons. The van der Waals surface area contributed by atoms with Crippen molar-refractivity contribution in [2.45, 2.75) is 19.9 Å². The molecule has 37 heavy (non-hydrogen) atoms. The summed E-state index contributed by atoms with van der Waals surface area (Å²) in [6.07, 6.45) is 1.64. The molecule has 2 aromatic heterocycles. The van der Waals surface area contributed by atoms with Gasteiger partial charge >= 0.3 is 5.91 Å². The third-order valence-electron chi connectivity index (χ3n) is 7.03. The predicted octanol–water partition coefficient (Wildman–Crippen LogP) is 5.30. The van der Waals surface area contributed by atoms with Gasteiger partial charge in [-0.3, -0.25) is 14.5 Å². The maximum Gasteiger partial charge on any atom is 0.302 e. The van der Waals surface area contributed by atoms with E-state index in [4.69, 9.17) is 4.74 Å². The molecule has 3 heterocycles. The van der Waals surface area contributed by atoms with Gasteiger partial charge in [-0.1, -0.05) is 30.3 Å². The van der Waals surface area contributed by atoms with Crippen LogP contribution in [0, 0.1) is 13.8 Å². The van der Waals surface area contributed by atoms with Gasteiger partial charge in [-0.05, 0) is 60.9 Å². The molecule has 0 bridgehead atoms. The van der Waals surface area contributed by atoms with Gasteiger partial charge in [0.25, 0.3) is 5.78 Å². The van der Waals surface area contributed by atoms with Crippen LogP contribution in [0.3, 0.4) is 0 Å². The summed E-state index contributed by atoms with van der Waals surface area (Å²) < 4.78 is 5.30. The van der Waals surface area contributed by atoms with Gasteiger partial charge in [0, 0.05) is 22.7 Å². The Bertz CT molecular complexity index is 1700. The van der Waals surface area contributed by atoms with Crippen molar-refractivity contribution < 1.29 is 19.4 Å². The first-order valence-electron chi connectivity index (χ1n) is 11.9. The van der Waals surface area contributed by atoms with E-state index in [1.54, 1.807) is 37.6 Å². The van der Waals surface area contributed by atoms with E-state index in [2.05, 4.69) is 15.0 Å². The quantitative estimate of drug-likeness (QED) is 0.179. The maximum atomic E-state index is 13.5. The largest absolute Gasteiger partial charge is 0.507 e. The summed E-state index contributed by atoms with van der Waals surface area (Å²) in [5.74, 6) is -0.930. The summed E-state index contributed by atoms with van der Waals surface area (Å²) >= 11 is 0. The van der Waals surface area contributed by atoms with Gasteiger partial charge in [-0.25, -0.2) is 4.98 Å². The summed E-state index contributed by atoms with van der Waals surface area (Å²) in [7, 11) is 1.57. The Morgan fingerprint density at radius 1 is 1.00 bits per heavy atom. The maximum absolute atomic E-state index is 13.5. The number of methoxy groups -OCH3 is 1. The summed E-state index contributed by atoms with van der Waals surface area (Å²) in [5, 5.41) is 12.3. The van der Waals surface area contributed by atoms with E-state index in [9.17, 15) is 14.7 Å². The highest BCUT2D eigenvalue weighted by Gasteiger charge is 2.48. The van der Waals surface area contributed by atoms with Crippen molar-refractivity contribution in [2.75, 3.05) is 12.0 Å². The molecule has 1 aliphatic heterocycles. The van der Waals surface area contributed by atoms with Crippen molar-refractivity contribution in [3.63, 3.8) is 0 Å². The molecule has 8 nitrogen and oxygen atoms in total. The minimum Gasteiger partial charge on any atom is -0.507 e. The Kier molecular flexibility index (Phi) is 5.12. The van der Waals surface area contributed by atoms with Crippen molar-refractivity contribution in [2.24, 2.45) is 0 Å². The van der Waals surface area contributed by atoms with Crippen LogP contribution in [-0.2, 0) is 9.59 Å². The van der Waals surface area contributed by atoms with Gasteiger partial charge in [0.15, 0.2) is 0 Å². The number of aromatic amines is 2. The number of aryl methyl sites for hydroxylation is 2. The standard InChI is InChI=1S/C29H24N4O4/c1-15-12-22-23(13-16(15)2)32-29(31-22)33-25(17-8-10-18(37-3)11-9-17)24(27(35)28(33)36)26(34)20-14-30-21-7-5-4-6-19(20)21/h4-14,25,30,34H,1-3H3,(H,31,32)/b26-24+. The van der Waals surface area contributed by atoms with Crippen LogP contribution in [0.1, 0.15) is 28.3 Å². The van der Waals surface area contributed by atoms with Crippen LogP contribution in [0.25, 0.3) is 27.7 Å². The first-order chi connectivity index (χ1) is 17.9. The lowest BCUT2D eigenvalue weighted by Crippen LogP contribution is -2.30. The number of nitrogens with zero attached hydrogens (tertiary/aromatic N) is 2. The lowest BCUT2D eigenvalue weighted by molar-refractivity contribution is -0.132. The summed E-state index contributed by atoms with van der Waals surface area (Å²) in [4.78, 5) is 39.3. The monoisotopic (exact) mass is 492 g/mol. The van der Waals surface area contributed by atoms with Crippen LogP contribution in [-0.4, -0.2) is 38.9 Å². The molecule has 1 aliphatic rings. The number of aromatic nitrogens is 3. The van der Waals surface area contributed by atoms with Crippen LogP contribution in [0.5, 0.6) is 5.75 Å². The van der Waals surface area contributed by atoms with Crippen molar-refractivity contribution in [3.8, 4) is 5.75 Å². The molecule has 1 amide bonds. The number of amides is 1. The van der Waals surface area contributed by atoms with E-state index >= 15 is 0 Å². The fourth-order valence-electron chi connectivity index (χ4n) is 4.94. The number of rotatable bonds is 4. The van der Waals surface area contributed by atoms with Crippen molar-refractivity contribution in [1.82, 2.24) is 15.0 Å². The van der Waals surface area contributed by atoms with Gasteiger partial charge in [-0.15, -0.1) is 0 Å². The number of fused-ring (bicyclic) bond motifs is 2. The minimum absolute atomic E-state index is 0.00672. The first-order valence-corrected chi connectivity index (χ1v) is 11.9. The van der Waals surface area contributed by atoms with Gasteiger partial charge in [0.1, 0.15) is 11.5 Å². The average Bonchev–Trinajstić information content (AvgIpc) is 3.58. The second-order valence-corrected chi connectivity index (χ2v) is 9.20. The molecule has 8 heteroatoms. The molecule has 3 N–H and O–H groups in total. The number of ketones is 1. The number of nitrogens with one attached hydrogen (secondary N) is 2. The number of benzene rings is 3. The molecule has 184 valence electrons. The summed E-state index contributed by atoms with van der Waals surface area (Å²) in [6, 6.07) is 17.5. The SMILES string of the molecule is COc1ccc(C2/C(=C(\O)c3c[nH]c4ccccc34)C(=O)C(=O)N2c2nc3cc(C)c(C)cc3[nH]2)cc1. The zero-order valence-corrected chi connectivity index (χ0v) is 20.5. The van der Waals surface area contributed by atoms with Crippen LogP contribution in [0.4, 0.5) is 5.95 Å². The van der Waals surface area contributed by atoms with Gasteiger partial charge < -0.3 is 19.8 Å². The Morgan fingerprint density at radius 2 is 1.73 bits per heavy atom. The molecule has 3 aromatic carbocycles. The molecule has 5 aromatic rings. The van der Waals surface area contributed by atoms with Crippen molar-refractivity contribution >= 4 is 45.3 Å². The van der Waals surface area contributed by atoms with Crippen LogP contribution < -0.4 is 9.64 Å². The molecule has 0 spiro atoms. The molecule has 6 rings (SSSR count). The Morgan fingerprint density at radius 3 is 2.49 bits per heavy atom. The van der Waals surface area contributed by atoms with E-state index in [-0.39, 0.29) is 17.3 Å². The van der Waals surface area contributed by atoms with Gasteiger partial charge in [-0.2, -0.15) is 0 Å². The Hall–Kier alpha value is -4.85. The number of Topliss-reactive ketones (excluding diaryl/α,β-unsaturated/α-hetero) is 1. The minimum atomic E-state index is -0.901. The third-order valence-corrected chi connectivity index (χ3v) is 7.03. The smallest absolute Gasteiger partial charge is 0.302 e. The van der Waals surface area contributed by atoms with Crippen LogP contribution in [0.15, 0.2) is 72.4 Å². The zero-order chi connectivity index (χ0) is 25.8. The molecular formula is C29H24N4O4. The normalized spacial score (nSPS) is 17.3. The van der Waals surface area contributed by atoms with Crippen LogP contribution in [0.2, 0.25) is 0 Å². The summed E-state index contributed by atoms with van der Waals surface area (Å²) in [5.41, 5.74) is 5.47. The lowest BCUT2D eigenvalue weighted by Gasteiger charge is -2.23. The Labute approximate surface area is 212 Å². The Balaban J connectivity index is 1.58. The fourth-order valence-corrected chi connectivity index (χ4v) is 4.94. The van der Waals surface area contributed by atoms with E-state index in [1.807, 2.05) is 50.2 Å². The number of hydrogen-bond acceptors (Lipinski definition) is 5. The van der Waals surface area contributed by atoms with Gasteiger partial charge in [0.2, 0.25) is 5.95 Å². The number of ether oxygens (including phenoxy) is 1. The van der Waals surface area contributed by atoms with Crippen LogP contribution >= 0.6 is 0 Å². The fraction of sp³-hybridized carbons (Fsp3) is 0.138. The highest BCUT2D eigenvalue weighted by Crippen LogP contribution is 2.43. The lowest BCUT2D eigenvalue weighted by atomic mass is 9.95. The van der Waals surface area contributed by atoms with E-state index in [1.165, 1.54) is 4.90 Å². The van der Waals surface area contributed by atoms with Gasteiger partial charge in [0.05, 0.1) is 29.8 Å². The molecule has 0 aliphatic carbocycles. The predicted molar refractivity (Wildman–Crippen MR) is 142 cm³/mol. The molecule has 0 saturated carbocycles. The zero-order valence-electron chi connectivity index (χ0n) is 20.5. The van der Waals surface area contributed by atoms with Crippen molar-refractivity contribution in [3.05, 3.63) is 94.7 Å². The molecule has 1 fully saturated rings. The first kappa shape index (κ1) is 22.6. The number of imidazole rings is 1. The summed E-state index contributed by atoms with van der Waals surface area (Å²) in [6.45, 7) is 3.99. The van der Waals surface area contributed by atoms with E-state index in [0.717, 1.165) is 27.5 Å². The van der Waals surface area contributed by atoms with E-state index in [0.29, 0.717) is 22.4 Å². The molecule has 1 unspecified atom stereocenters. The number of hydrogen-bond donors (Lipinski definition) is 3.